The van der Waals surface area contributed by atoms with Crippen molar-refractivity contribution < 1.29 is 0 Å². The van der Waals surface area contributed by atoms with E-state index in [4.69, 9.17) is 0 Å². The quantitative estimate of drug-likeness (QED) is 0.559. The highest BCUT2D eigenvalue weighted by atomic mass is 14.8. The summed E-state index contributed by atoms with van der Waals surface area (Å²) < 4.78 is 0. The van der Waals surface area contributed by atoms with E-state index < -0.39 is 0 Å². The van der Waals surface area contributed by atoms with E-state index in [-0.39, 0.29) is 0 Å². The second-order valence-electron chi connectivity index (χ2n) is 11.9. The Hall–Kier alpha value is -0.920. The number of aryl methyl sites for hydroxylation is 1. The zero-order chi connectivity index (χ0) is 20.2. The first kappa shape index (κ1) is 20.0. The van der Waals surface area contributed by atoms with Crippen molar-refractivity contribution in [3.8, 4) is 0 Å². The highest BCUT2D eigenvalue weighted by Crippen LogP contribution is 2.65. The monoisotopic (exact) mass is 394 g/mol. The molecule has 2 heteroatoms. The molecular formula is C27H42N2. The van der Waals surface area contributed by atoms with Crippen molar-refractivity contribution in [2.24, 2.45) is 52.8 Å². The number of hydrogen-bond acceptors (Lipinski definition) is 2. The van der Waals surface area contributed by atoms with Crippen LogP contribution < -0.4 is 0 Å². The van der Waals surface area contributed by atoms with Gasteiger partial charge in [0, 0.05) is 12.4 Å². The molecule has 0 amide bonds. The molecule has 9 atom stereocenters. The number of rotatable bonds is 3. The van der Waals surface area contributed by atoms with Gasteiger partial charge in [-0.2, -0.15) is 0 Å². The maximum atomic E-state index is 4.67. The van der Waals surface area contributed by atoms with Gasteiger partial charge in [-0.3, -0.25) is 9.97 Å². The van der Waals surface area contributed by atoms with Gasteiger partial charge in [-0.25, -0.2) is 0 Å². The highest BCUT2D eigenvalue weighted by Gasteiger charge is 2.57. The Kier molecular flexibility index (Phi) is 5.28. The van der Waals surface area contributed by atoms with Crippen molar-refractivity contribution in [1.82, 2.24) is 9.97 Å². The van der Waals surface area contributed by atoms with Gasteiger partial charge in [-0.05, 0) is 117 Å². The normalized spacial score (nSPS) is 45.2. The molecule has 5 rings (SSSR count). The minimum atomic E-state index is 0.577. The number of fused-ring (bicyclic) bond motifs is 5. The van der Waals surface area contributed by atoms with E-state index in [1.807, 2.05) is 19.3 Å². The van der Waals surface area contributed by atoms with Gasteiger partial charge in [0.2, 0.25) is 0 Å². The maximum Gasteiger partial charge on any atom is 0.0589 e. The smallest absolute Gasteiger partial charge is 0.0589 e. The van der Waals surface area contributed by atoms with Crippen LogP contribution in [0.2, 0.25) is 0 Å². The molecule has 160 valence electrons. The SMILES string of the molecule is Cc1cnc(C[C@H](C)[C@H]2CCC3[C@@H]4CC[C@@H]5C[C@@H](C)CC[C@@H]5C4CC[C@@]32C)cn1. The zero-order valence-corrected chi connectivity index (χ0v) is 19.2. The van der Waals surface area contributed by atoms with Gasteiger partial charge in [0.1, 0.15) is 0 Å². The Bertz CT molecular complexity index is 712. The molecule has 0 bridgehead atoms. The molecule has 0 aromatic carbocycles. The molecule has 1 aromatic heterocycles. The van der Waals surface area contributed by atoms with Gasteiger partial charge in [-0.15, -0.1) is 0 Å². The zero-order valence-electron chi connectivity index (χ0n) is 19.2. The van der Waals surface area contributed by atoms with Crippen LogP contribution in [0.25, 0.3) is 0 Å². The van der Waals surface area contributed by atoms with E-state index in [0.717, 1.165) is 59.5 Å². The molecule has 0 saturated heterocycles. The Morgan fingerprint density at radius 3 is 2.59 bits per heavy atom. The minimum Gasteiger partial charge on any atom is -0.258 e. The lowest BCUT2D eigenvalue weighted by Crippen LogP contribution is -2.49. The molecular weight excluding hydrogens is 352 g/mol. The molecule has 4 aliphatic carbocycles. The van der Waals surface area contributed by atoms with Crippen LogP contribution >= 0.6 is 0 Å². The van der Waals surface area contributed by atoms with Crippen LogP contribution in [0.4, 0.5) is 0 Å². The van der Waals surface area contributed by atoms with Crippen LogP contribution in [0.3, 0.4) is 0 Å². The second kappa shape index (κ2) is 7.65. The summed E-state index contributed by atoms with van der Waals surface area (Å²) in [4.78, 5) is 9.16. The Morgan fingerprint density at radius 1 is 0.966 bits per heavy atom. The molecule has 2 unspecified atom stereocenters. The largest absolute Gasteiger partial charge is 0.258 e. The van der Waals surface area contributed by atoms with E-state index in [1.165, 1.54) is 44.2 Å². The predicted molar refractivity (Wildman–Crippen MR) is 119 cm³/mol. The van der Waals surface area contributed by atoms with E-state index in [1.54, 1.807) is 19.3 Å². The first-order valence-electron chi connectivity index (χ1n) is 12.7. The average Bonchev–Trinajstić information content (AvgIpc) is 3.06. The molecule has 4 saturated carbocycles. The van der Waals surface area contributed by atoms with Gasteiger partial charge in [0.15, 0.2) is 0 Å². The van der Waals surface area contributed by atoms with Crippen molar-refractivity contribution in [2.75, 3.05) is 0 Å². The van der Waals surface area contributed by atoms with Crippen LogP contribution in [0.15, 0.2) is 12.4 Å². The highest BCUT2D eigenvalue weighted by molar-refractivity contribution is 5.08. The maximum absolute atomic E-state index is 4.67. The minimum absolute atomic E-state index is 0.577. The average molecular weight is 395 g/mol. The van der Waals surface area contributed by atoms with E-state index in [0.29, 0.717) is 5.41 Å². The molecule has 2 nitrogen and oxygen atoms in total. The Balaban J connectivity index is 1.30. The summed E-state index contributed by atoms with van der Waals surface area (Å²) in [5.74, 6) is 7.85. The predicted octanol–water partition coefficient (Wildman–Crippen LogP) is 6.87. The third-order valence-electron chi connectivity index (χ3n) is 10.3. The van der Waals surface area contributed by atoms with Crippen molar-refractivity contribution >= 4 is 0 Å². The summed E-state index contributed by atoms with van der Waals surface area (Å²) in [6.07, 6.45) is 18.7. The van der Waals surface area contributed by atoms with Crippen LogP contribution in [0.1, 0.15) is 89.9 Å². The molecule has 0 radical (unpaired) electrons. The van der Waals surface area contributed by atoms with Crippen LogP contribution in [-0.2, 0) is 6.42 Å². The molecule has 0 aliphatic heterocycles. The summed E-state index contributed by atoms with van der Waals surface area (Å²) >= 11 is 0. The number of nitrogens with zero attached hydrogens (tertiary/aromatic N) is 2. The molecule has 4 fully saturated rings. The van der Waals surface area contributed by atoms with Crippen molar-refractivity contribution in [2.45, 2.75) is 91.9 Å². The standard InChI is InChI=1S/C27H42N2/c1-17-5-7-22-20(13-17)6-8-24-23(22)11-12-27(4)25(9-10-26(24)27)18(2)14-21-16-28-19(3)15-29-21/h15-18,20,22-26H,5-14H2,1-4H3/t17-,18-,20+,22-,23?,24+,25+,26?,27+/m0/s1. The van der Waals surface area contributed by atoms with Crippen LogP contribution in [-0.4, -0.2) is 9.97 Å². The lowest BCUT2D eigenvalue weighted by Gasteiger charge is -2.56. The van der Waals surface area contributed by atoms with Gasteiger partial charge in [0.05, 0.1) is 11.4 Å². The van der Waals surface area contributed by atoms with Crippen molar-refractivity contribution in [3.05, 3.63) is 23.8 Å². The Labute approximate surface area is 178 Å². The van der Waals surface area contributed by atoms with E-state index in [9.17, 15) is 0 Å². The van der Waals surface area contributed by atoms with E-state index in [2.05, 4.69) is 30.7 Å². The Morgan fingerprint density at radius 2 is 1.79 bits per heavy atom. The molecule has 29 heavy (non-hydrogen) atoms. The summed E-state index contributed by atoms with van der Waals surface area (Å²) in [7, 11) is 0. The fraction of sp³-hybridized carbons (Fsp3) is 0.852. The topological polar surface area (TPSA) is 25.8 Å². The first-order valence-corrected chi connectivity index (χ1v) is 12.7. The summed E-state index contributed by atoms with van der Waals surface area (Å²) in [5.41, 5.74) is 2.80. The fourth-order valence-corrected chi connectivity index (χ4v) is 9.06. The molecule has 1 heterocycles. The third-order valence-corrected chi connectivity index (χ3v) is 10.3. The van der Waals surface area contributed by atoms with Crippen molar-refractivity contribution in [3.63, 3.8) is 0 Å². The lowest BCUT2D eigenvalue weighted by atomic mass is 9.48. The van der Waals surface area contributed by atoms with Crippen LogP contribution in [0.5, 0.6) is 0 Å². The van der Waals surface area contributed by atoms with Gasteiger partial charge in [0.25, 0.3) is 0 Å². The molecule has 0 N–H and O–H groups in total. The van der Waals surface area contributed by atoms with Gasteiger partial charge in [-0.1, -0.05) is 27.2 Å². The third kappa shape index (κ3) is 3.47. The van der Waals surface area contributed by atoms with Crippen molar-refractivity contribution in [1.29, 1.82) is 0 Å². The number of aromatic nitrogens is 2. The fourth-order valence-electron chi connectivity index (χ4n) is 9.06. The molecule has 0 spiro atoms. The summed E-state index contributed by atoms with van der Waals surface area (Å²) in [5, 5.41) is 0. The van der Waals surface area contributed by atoms with Crippen LogP contribution in [0, 0.1) is 59.7 Å². The first-order chi connectivity index (χ1) is 14.0. The van der Waals surface area contributed by atoms with E-state index >= 15 is 0 Å². The lowest BCUT2D eigenvalue weighted by molar-refractivity contribution is -0.0728. The van der Waals surface area contributed by atoms with Gasteiger partial charge >= 0.3 is 0 Å². The summed E-state index contributed by atoms with van der Waals surface area (Å²) in [6, 6.07) is 0. The summed E-state index contributed by atoms with van der Waals surface area (Å²) in [6.45, 7) is 9.73. The number of hydrogen-bond donors (Lipinski definition) is 0. The van der Waals surface area contributed by atoms with Gasteiger partial charge < -0.3 is 0 Å². The molecule has 1 aromatic rings. The molecule has 4 aliphatic rings. The second-order valence-corrected chi connectivity index (χ2v) is 11.9.